The second kappa shape index (κ2) is 9.92. The molecule has 0 heterocycles. The molecule has 0 aliphatic heterocycles. The van der Waals surface area contributed by atoms with E-state index in [-0.39, 0.29) is 24.4 Å². The van der Waals surface area contributed by atoms with Crippen LogP contribution >= 0.6 is 12.4 Å². The Morgan fingerprint density at radius 1 is 1.28 bits per heavy atom. The highest BCUT2D eigenvalue weighted by Gasteiger charge is 2.17. The van der Waals surface area contributed by atoms with Crippen molar-refractivity contribution in [2.24, 2.45) is 0 Å². The smallest absolute Gasteiger partial charge is 0.323 e. The van der Waals surface area contributed by atoms with E-state index >= 15 is 0 Å². The SMILES string of the molecule is CCCC(NCC)C(=O)OCc1ccccc1.Cl. The van der Waals surface area contributed by atoms with E-state index in [1.807, 2.05) is 37.3 Å². The fraction of sp³-hybridized carbons (Fsp3) is 0.500. The number of likely N-dealkylation sites (N-methyl/N-ethyl adjacent to an activating group) is 1. The van der Waals surface area contributed by atoms with Crippen LogP contribution in [-0.4, -0.2) is 18.6 Å². The van der Waals surface area contributed by atoms with E-state index in [2.05, 4.69) is 12.2 Å². The highest BCUT2D eigenvalue weighted by Crippen LogP contribution is 2.04. The quantitative estimate of drug-likeness (QED) is 0.775. The third-order valence-corrected chi connectivity index (χ3v) is 2.54. The molecule has 3 nitrogen and oxygen atoms in total. The summed E-state index contributed by atoms with van der Waals surface area (Å²) in [6, 6.07) is 9.57. The van der Waals surface area contributed by atoms with Crippen LogP contribution < -0.4 is 5.32 Å². The normalized spacial score (nSPS) is 11.4. The molecule has 0 fully saturated rings. The van der Waals surface area contributed by atoms with Crippen molar-refractivity contribution in [2.45, 2.75) is 39.3 Å². The summed E-state index contributed by atoms with van der Waals surface area (Å²) in [7, 11) is 0. The maximum Gasteiger partial charge on any atom is 0.323 e. The van der Waals surface area contributed by atoms with E-state index < -0.39 is 0 Å². The maximum absolute atomic E-state index is 11.8. The van der Waals surface area contributed by atoms with Crippen molar-refractivity contribution >= 4 is 18.4 Å². The van der Waals surface area contributed by atoms with E-state index in [1.165, 1.54) is 0 Å². The van der Waals surface area contributed by atoms with Crippen LogP contribution in [0.2, 0.25) is 0 Å². The van der Waals surface area contributed by atoms with Gasteiger partial charge in [0.2, 0.25) is 0 Å². The highest BCUT2D eigenvalue weighted by molar-refractivity contribution is 5.85. The molecule has 1 aromatic carbocycles. The first-order valence-electron chi connectivity index (χ1n) is 6.21. The van der Waals surface area contributed by atoms with Gasteiger partial charge in [0.15, 0.2) is 0 Å². The molecule has 0 spiro atoms. The fourth-order valence-corrected chi connectivity index (χ4v) is 1.67. The van der Waals surface area contributed by atoms with Crippen molar-refractivity contribution in [3.05, 3.63) is 35.9 Å². The van der Waals surface area contributed by atoms with Crippen molar-refractivity contribution in [1.29, 1.82) is 0 Å². The molecule has 0 saturated carbocycles. The lowest BCUT2D eigenvalue weighted by Gasteiger charge is -2.15. The van der Waals surface area contributed by atoms with E-state index in [1.54, 1.807) is 0 Å². The molecule has 0 aliphatic rings. The zero-order chi connectivity index (χ0) is 12.5. The first-order chi connectivity index (χ1) is 8.27. The van der Waals surface area contributed by atoms with Crippen LogP contribution in [0, 0.1) is 0 Å². The Hall–Kier alpha value is -1.06. The van der Waals surface area contributed by atoms with Gasteiger partial charge in [0.05, 0.1) is 0 Å². The molecule has 0 saturated heterocycles. The van der Waals surface area contributed by atoms with Crippen LogP contribution in [0.25, 0.3) is 0 Å². The number of rotatable bonds is 7. The van der Waals surface area contributed by atoms with Crippen LogP contribution in [-0.2, 0) is 16.1 Å². The number of esters is 1. The number of hydrogen-bond acceptors (Lipinski definition) is 3. The second-order valence-electron chi connectivity index (χ2n) is 3.99. The molecule has 1 aromatic rings. The Balaban J connectivity index is 0.00000289. The summed E-state index contributed by atoms with van der Waals surface area (Å²) >= 11 is 0. The largest absolute Gasteiger partial charge is 0.460 e. The number of halogens is 1. The molecule has 1 rings (SSSR count). The number of carbonyl (C=O) groups is 1. The lowest BCUT2D eigenvalue weighted by Crippen LogP contribution is -2.37. The van der Waals surface area contributed by atoms with Gasteiger partial charge in [0.25, 0.3) is 0 Å². The Kier molecular flexibility index (Phi) is 9.33. The zero-order valence-electron chi connectivity index (χ0n) is 11.0. The predicted octanol–water partition coefficient (Wildman–Crippen LogP) is 2.93. The second-order valence-corrected chi connectivity index (χ2v) is 3.99. The molecule has 102 valence electrons. The van der Waals surface area contributed by atoms with Gasteiger partial charge in [-0.1, -0.05) is 50.6 Å². The molecular formula is C14H22ClNO2. The average Bonchev–Trinajstić information content (AvgIpc) is 2.37. The van der Waals surface area contributed by atoms with E-state index in [0.717, 1.165) is 24.9 Å². The number of hydrogen-bond donors (Lipinski definition) is 1. The van der Waals surface area contributed by atoms with Gasteiger partial charge in [-0.05, 0) is 18.5 Å². The van der Waals surface area contributed by atoms with E-state index in [9.17, 15) is 4.79 Å². The Labute approximate surface area is 115 Å². The number of ether oxygens (including phenoxy) is 1. The number of nitrogens with one attached hydrogen (secondary N) is 1. The standard InChI is InChI=1S/C14H21NO2.ClH/c1-3-8-13(15-4-2)14(16)17-11-12-9-6-5-7-10-12;/h5-7,9-10,13,15H,3-4,8,11H2,1-2H3;1H. The molecule has 0 aromatic heterocycles. The minimum Gasteiger partial charge on any atom is -0.460 e. The van der Waals surface area contributed by atoms with Gasteiger partial charge in [-0.25, -0.2) is 0 Å². The summed E-state index contributed by atoms with van der Waals surface area (Å²) in [6.45, 7) is 5.19. The van der Waals surface area contributed by atoms with Gasteiger partial charge in [-0.15, -0.1) is 12.4 Å². The first-order valence-corrected chi connectivity index (χ1v) is 6.21. The van der Waals surface area contributed by atoms with Gasteiger partial charge >= 0.3 is 5.97 Å². The lowest BCUT2D eigenvalue weighted by molar-refractivity contribution is -0.147. The monoisotopic (exact) mass is 271 g/mol. The van der Waals surface area contributed by atoms with Crippen molar-refractivity contribution in [3.8, 4) is 0 Å². The number of carbonyl (C=O) groups excluding carboxylic acids is 1. The summed E-state index contributed by atoms with van der Waals surface area (Å²) in [6.07, 6.45) is 1.79. The van der Waals surface area contributed by atoms with E-state index in [4.69, 9.17) is 4.74 Å². The predicted molar refractivity (Wildman–Crippen MR) is 75.9 cm³/mol. The van der Waals surface area contributed by atoms with Crippen LogP contribution in [0.15, 0.2) is 30.3 Å². The van der Waals surface area contributed by atoms with Crippen LogP contribution in [0.1, 0.15) is 32.3 Å². The topological polar surface area (TPSA) is 38.3 Å². The molecule has 0 aliphatic carbocycles. The summed E-state index contributed by atoms with van der Waals surface area (Å²) in [5.41, 5.74) is 1.02. The maximum atomic E-state index is 11.8. The van der Waals surface area contributed by atoms with Gasteiger partial charge in [0, 0.05) is 0 Å². The summed E-state index contributed by atoms with van der Waals surface area (Å²) in [4.78, 5) is 11.8. The molecule has 0 amide bonds. The third kappa shape index (κ3) is 6.03. The highest BCUT2D eigenvalue weighted by atomic mass is 35.5. The Morgan fingerprint density at radius 3 is 2.50 bits per heavy atom. The van der Waals surface area contributed by atoms with Crippen LogP contribution in [0.4, 0.5) is 0 Å². The molecule has 1 N–H and O–H groups in total. The fourth-order valence-electron chi connectivity index (χ4n) is 1.67. The first kappa shape index (κ1) is 16.9. The lowest BCUT2D eigenvalue weighted by atomic mass is 10.1. The van der Waals surface area contributed by atoms with Crippen LogP contribution in [0.3, 0.4) is 0 Å². The van der Waals surface area contributed by atoms with Gasteiger partial charge in [-0.3, -0.25) is 4.79 Å². The Morgan fingerprint density at radius 2 is 1.94 bits per heavy atom. The summed E-state index contributed by atoms with van der Waals surface area (Å²) in [5.74, 6) is -0.155. The van der Waals surface area contributed by atoms with Crippen LogP contribution in [0.5, 0.6) is 0 Å². The van der Waals surface area contributed by atoms with Crippen molar-refractivity contribution < 1.29 is 9.53 Å². The zero-order valence-corrected chi connectivity index (χ0v) is 11.8. The molecule has 0 radical (unpaired) electrons. The average molecular weight is 272 g/mol. The van der Waals surface area contributed by atoms with Gasteiger partial charge in [0.1, 0.15) is 12.6 Å². The molecule has 1 unspecified atom stereocenters. The van der Waals surface area contributed by atoms with Gasteiger partial charge in [-0.2, -0.15) is 0 Å². The van der Waals surface area contributed by atoms with Crippen molar-refractivity contribution in [1.82, 2.24) is 5.32 Å². The third-order valence-electron chi connectivity index (χ3n) is 2.54. The molecule has 18 heavy (non-hydrogen) atoms. The summed E-state index contributed by atoms with van der Waals surface area (Å²) in [5, 5.41) is 3.15. The Bertz CT molecular complexity index is 324. The molecular weight excluding hydrogens is 250 g/mol. The van der Waals surface area contributed by atoms with E-state index in [0.29, 0.717) is 6.61 Å². The minimum atomic E-state index is -0.172. The van der Waals surface area contributed by atoms with Crippen molar-refractivity contribution in [3.63, 3.8) is 0 Å². The molecule has 0 bridgehead atoms. The minimum absolute atomic E-state index is 0. The molecule has 1 atom stereocenters. The summed E-state index contributed by atoms with van der Waals surface area (Å²) < 4.78 is 5.29. The number of benzene rings is 1. The van der Waals surface area contributed by atoms with Crippen molar-refractivity contribution in [2.75, 3.05) is 6.54 Å². The van der Waals surface area contributed by atoms with Gasteiger partial charge < -0.3 is 10.1 Å². The molecule has 4 heteroatoms.